The van der Waals surface area contributed by atoms with Crippen LogP contribution in [0.2, 0.25) is 0 Å². The van der Waals surface area contributed by atoms with Crippen LogP contribution in [0.4, 0.5) is 21.5 Å². The molecule has 2 aromatic rings. The van der Waals surface area contributed by atoms with E-state index in [9.17, 15) is 4.39 Å². The summed E-state index contributed by atoms with van der Waals surface area (Å²) in [5.74, 6) is -0.275. The largest absolute Gasteiger partial charge is 0.399 e. The molecule has 0 heterocycles. The van der Waals surface area contributed by atoms with Gasteiger partial charge in [0, 0.05) is 15.8 Å². The average molecular weight is 295 g/mol. The number of nitrogens with two attached hydrogens (primary N) is 1. The van der Waals surface area contributed by atoms with E-state index in [4.69, 9.17) is 5.73 Å². The molecular weight excluding hydrogens is 283 g/mol. The van der Waals surface area contributed by atoms with Gasteiger partial charge in [0.2, 0.25) is 0 Å². The van der Waals surface area contributed by atoms with E-state index in [2.05, 4.69) is 21.2 Å². The van der Waals surface area contributed by atoms with E-state index in [0.29, 0.717) is 5.69 Å². The summed E-state index contributed by atoms with van der Waals surface area (Å²) in [5.41, 5.74) is 9.04. The molecule has 0 aliphatic rings. The minimum absolute atomic E-state index is 0.275. The summed E-state index contributed by atoms with van der Waals surface area (Å²) in [6, 6.07) is 10.1. The number of rotatable bonds is 2. The first-order valence-corrected chi connectivity index (χ1v) is 5.94. The third-order valence-electron chi connectivity index (χ3n) is 2.48. The van der Waals surface area contributed by atoms with Gasteiger partial charge in [-0.25, -0.2) is 4.39 Å². The van der Waals surface area contributed by atoms with Crippen LogP contribution < -0.4 is 11.1 Å². The Balaban J connectivity index is 2.31. The summed E-state index contributed by atoms with van der Waals surface area (Å²) >= 11 is 3.37. The topological polar surface area (TPSA) is 38.0 Å². The lowest BCUT2D eigenvalue weighted by Gasteiger charge is -2.10. The van der Waals surface area contributed by atoms with Gasteiger partial charge in [0.05, 0.1) is 5.69 Å². The Morgan fingerprint density at radius 3 is 2.65 bits per heavy atom. The Labute approximate surface area is 108 Å². The van der Waals surface area contributed by atoms with Crippen LogP contribution in [0.15, 0.2) is 40.9 Å². The summed E-state index contributed by atoms with van der Waals surface area (Å²) in [6.45, 7) is 1.93. The molecule has 4 heteroatoms. The van der Waals surface area contributed by atoms with E-state index in [-0.39, 0.29) is 5.82 Å². The third kappa shape index (κ3) is 2.77. The molecular formula is C13H12BrFN2. The van der Waals surface area contributed by atoms with Gasteiger partial charge in [-0.2, -0.15) is 0 Å². The van der Waals surface area contributed by atoms with Gasteiger partial charge in [-0.1, -0.05) is 0 Å². The molecule has 0 fully saturated rings. The maximum atomic E-state index is 13.1. The Kier molecular flexibility index (Phi) is 3.33. The van der Waals surface area contributed by atoms with E-state index in [0.717, 1.165) is 21.4 Å². The number of hydrogen-bond donors (Lipinski definition) is 2. The van der Waals surface area contributed by atoms with E-state index in [1.807, 2.05) is 25.1 Å². The minimum atomic E-state index is -0.275. The zero-order chi connectivity index (χ0) is 12.4. The second kappa shape index (κ2) is 4.75. The number of halogens is 2. The lowest BCUT2D eigenvalue weighted by molar-refractivity contribution is 0.628. The van der Waals surface area contributed by atoms with Crippen molar-refractivity contribution >= 4 is 33.0 Å². The Bertz CT molecular complexity index is 555. The van der Waals surface area contributed by atoms with E-state index < -0.39 is 0 Å². The van der Waals surface area contributed by atoms with Crippen molar-refractivity contribution in [2.45, 2.75) is 6.92 Å². The highest BCUT2D eigenvalue weighted by molar-refractivity contribution is 9.10. The van der Waals surface area contributed by atoms with E-state index in [1.54, 1.807) is 6.07 Å². The fourth-order valence-electron chi connectivity index (χ4n) is 1.50. The molecule has 2 aromatic carbocycles. The van der Waals surface area contributed by atoms with Gasteiger partial charge in [-0.3, -0.25) is 0 Å². The van der Waals surface area contributed by atoms with Crippen molar-refractivity contribution in [1.82, 2.24) is 0 Å². The number of aryl methyl sites for hydroxylation is 1. The van der Waals surface area contributed by atoms with Gasteiger partial charge in [0.15, 0.2) is 0 Å². The van der Waals surface area contributed by atoms with Crippen molar-refractivity contribution in [2.75, 3.05) is 11.1 Å². The van der Waals surface area contributed by atoms with Crippen LogP contribution in [0, 0.1) is 12.7 Å². The highest BCUT2D eigenvalue weighted by Crippen LogP contribution is 2.27. The fraction of sp³-hybridized carbons (Fsp3) is 0.0769. The Morgan fingerprint density at radius 1 is 1.18 bits per heavy atom. The summed E-state index contributed by atoms with van der Waals surface area (Å²) < 4.78 is 13.9. The average Bonchev–Trinajstić information content (AvgIpc) is 2.29. The minimum Gasteiger partial charge on any atom is -0.399 e. The smallest absolute Gasteiger partial charge is 0.125 e. The Hall–Kier alpha value is -1.55. The standard InChI is InChI=1S/C13H12BrFN2/c1-8-6-10(3-5-12(8)16)17-13-7-9(15)2-4-11(13)14/h2-7,17H,16H2,1H3. The summed E-state index contributed by atoms with van der Waals surface area (Å²) in [6.07, 6.45) is 0. The number of anilines is 3. The molecule has 2 rings (SSSR count). The van der Waals surface area contributed by atoms with Crippen LogP contribution in [0.3, 0.4) is 0 Å². The molecule has 0 unspecified atom stereocenters. The van der Waals surface area contributed by atoms with Crippen molar-refractivity contribution < 1.29 is 4.39 Å². The molecule has 88 valence electrons. The lowest BCUT2D eigenvalue weighted by Crippen LogP contribution is -1.95. The van der Waals surface area contributed by atoms with Gasteiger partial charge in [0.1, 0.15) is 5.82 Å². The third-order valence-corrected chi connectivity index (χ3v) is 3.17. The van der Waals surface area contributed by atoms with Gasteiger partial charge in [0.25, 0.3) is 0 Å². The van der Waals surface area contributed by atoms with Gasteiger partial charge < -0.3 is 11.1 Å². The summed E-state index contributed by atoms with van der Waals surface area (Å²) in [5, 5.41) is 3.14. The maximum absolute atomic E-state index is 13.1. The molecule has 0 spiro atoms. The zero-order valence-corrected chi connectivity index (χ0v) is 10.9. The molecule has 0 atom stereocenters. The van der Waals surface area contributed by atoms with Crippen LogP contribution >= 0.6 is 15.9 Å². The van der Waals surface area contributed by atoms with Crippen molar-refractivity contribution in [3.05, 3.63) is 52.3 Å². The molecule has 2 nitrogen and oxygen atoms in total. The van der Waals surface area contributed by atoms with Crippen molar-refractivity contribution in [1.29, 1.82) is 0 Å². The molecule has 0 bridgehead atoms. The molecule has 0 saturated carbocycles. The first kappa shape index (κ1) is 11.9. The van der Waals surface area contributed by atoms with Gasteiger partial charge in [-0.15, -0.1) is 0 Å². The van der Waals surface area contributed by atoms with Crippen LogP contribution in [-0.4, -0.2) is 0 Å². The highest BCUT2D eigenvalue weighted by Gasteiger charge is 2.03. The second-order valence-electron chi connectivity index (χ2n) is 3.82. The summed E-state index contributed by atoms with van der Waals surface area (Å²) in [4.78, 5) is 0. The predicted octanol–water partition coefficient (Wildman–Crippen LogP) is 4.22. The molecule has 0 aliphatic heterocycles. The highest BCUT2D eigenvalue weighted by atomic mass is 79.9. The molecule has 17 heavy (non-hydrogen) atoms. The number of nitrogens with one attached hydrogen (secondary N) is 1. The van der Waals surface area contributed by atoms with Crippen LogP contribution in [0.5, 0.6) is 0 Å². The van der Waals surface area contributed by atoms with Crippen LogP contribution in [0.1, 0.15) is 5.56 Å². The molecule has 0 amide bonds. The lowest BCUT2D eigenvalue weighted by atomic mass is 10.2. The SMILES string of the molecule is Cc1cc(Nc2cc(F)ccc2Br)ccc1N. The van der Waals surface area contributed by atoms with Crippen molar-refractivity contribution in [2.24, 2.45) is 0 Å². The van der Waals surface area contributed by atoms with E-state index >= 15 is 0 Å². The number of hydrogen-bond acceptors (Lipinski definition) is 2. The molecule has 3 N–H and O–H groups in total. The number of nitrogen functional groups attached to an aromatic ring is 1. The molecule has 0 aliphatic carbocycles. The monoisotopic (exact) mass is 294 g/mol. The number of benzene rings is 2. The first-order chi connectivity index (χ1) is 8.06. The van der Waals surface area contributed by atoms with Crippen molar-refractivity contribution in [3.63, 3.8) is 0 Å². The predicted molar refractivity (Wildman–Crippen MR) is 73.0 cm³/mol. The molecule has 0 radical (unpaired) electrons. The summed E-state index contributed by atoms with van der Waals surface area (Å²) in [7, 11) is 0. The molecule has 0 aromatic heterocycles. The van der Waals surface area contributed by atoms with Gasteiger partial charge >= 0.3 is 0 Å². The van der Waals surface area contributed by atoms with Crippen LogP contribution in [-0.2, 0) is 0 Å². The normalized spacial score (nSPS) is 10.3. The quantitative estimate of drug-likeness (QED) is 0.814. The fourth-order valence-corrected chi connectivity index (χ4v) is 1.85. The zero-order valence-electron chi connectivity index (χ0n) is 9.30. The molecule has 0 saturated heterocycles. The van der Waals surface area contributed by atoms with Gasteiger partial charge in [-0.05, 0) is 64.8 Å². The maximum Gasteiger partial charge on any atom is 0.125 e. The second-order valence-corrected chi connectivity index (χ2v) is 4.67. The Morgan fingerprint density at radius 2 is 1.94 bits per heavy atom. The van der Waals surface area contributed by atoms with E-state index in [1.165, 1.54) is 12.1 Å². The first-order valence-electron chi connectivity index (χ1n) is 5.14. The van der Waals surface area contributed by atoms with Crippen LogP contribution in [0.25, 0.3) is 0 Å². The van der Waals surface area contributed by atoms with Crippen molar-refractivity contribution in [3.8, 4) is 0 Å².